The van der Waals surface area contributed by atoms with Gasteiger partial charge in [-0.1, -0.05) is 41.5 Å². The molecule has 61 heavy (non-hydrogen) atoms. The fraction of sp³-hybridized carbons (Fsp3) is 0.263. The molecule has 0 unspecified atom stereocenters. The highest BCUT2D eigenvalue weighted by Crippen LogP contribution is 2.30. The zero-order valence-electron chi connectivity index (χ0n) is 31.2. The summed E-state index contributed by atoms with van der Waals surface area (Å²) in [7, 11) is -9.44. The number of alkyl halides is 6. The molecule has 15 nitrogen and oxygen atoms in total. The molecule has 0 aliphatic heterocycles. The second-order valence-corrected chi connectivity index (χ2v) is 14.4. The molecule has 23 heteroatoms. The van der Waals surface area contributed by atoms with Crippen LogP contribution in [0.2, 0.25) is 0 Å². The number of hydrogen-bond acceptors (Lipinski definition) is 11. The van der Waals surface area contributed by atoms with Crippen molar-refractivity contribution in [1.29, 1.82) is 0 Å². The maximum Gasteiger partial charge on any atom is 0.446 e. The zero-order valence-corrected chi connectivity index (χ0v) is 32.9. The van der Waals surface area contributed by atoms with Crippen molar-refractivity contribution in [3.05, 3.63) is 140 Å². The number of terminal acetylenes is 1. The largest absolute Gasteiger partial charge is 0.461 e. The molecule has 4 aromatic carbocycles. The third-order valence-electron chi connectivity index (χ3n) is 7.88. The lowest BCUT2D eigenvalue weighted by Gasteiger charge is -2.12. The monoisotopic (exact) mass is 901 g/mol. The summed E-state index contributed by atoms with van der Waals surface area (Å²) in [6.07, 6.45) is -3.35. The molecule has 0 amide bonds. The zero-order chi connectivity index (χ0) is 45.4. The van der Waals surface area contributed by atoms with E-state index in [4.69, 9.17) is 30.5 Å². The topological polar surface area (TPSA) is 229 Å². The maximum absolute atomic E-state index is 12.6. The molecular weight excluding hydrogens is 869 g/mol. The highest BCUT2D eigenvalue weighted by Gasteiger charge is 2.31. The van der Waals surface area contributed by atoms with Gasteiger partial charge < -0.3 is 17.8 Å². The van der Waals surface area contributed by atoms with Crippen molar-refractivity contribution in [1.82, 2.24) is 0 Å². The Hall–Kier alpha value is -6.31. The van der Waals surface area contributed by atoms with Gasteiger partial charge in [-0.2, -0.15) is 43.2 Å². The smallest absolute Gasteiger partial charge is 0.446 e. The van der Waals surface area contributed by atoms with E-state index in [9.17, 15) is 52.8 Å². The fourth-order valence-electron chi connectivity index (χ4n) is 5.10. The van der Waals surface area contributed by atoms with Crippen molar-refractivity contribution in [2.24, 2.45) is 5.11 Å². The minimum atomic E-state index is -4.74. The quantitative estimate of drug-likeness (QED) is 0.0197. The van der Waals surface area contributed by atoms with Crippen LogP contribution in [0.4, 0.5) is 26.3 Å². The number of hydrogen-bond donors (Lipinski definition) is 2. The lowest BCUT2D eigenvalue weighted by atomic mass is 10.0. The third-order valence-corrected chi connectivity index (χ3v) is 8.68. The first-order valence-corrected chi connectivity index (χ1v) is 19.8. The number of carbonyl (C=O) groups is 2. The van der Waals surface area contributed by atoms with Crippen molar-refractivity contribution in [2.75, 3.05) is 6.54 Å². The number of esters is 2. The molecule has 0 saturated carbocycles. The lowest BCUT2D eigenvalue weighted by Crippen LogP contribution is -2.11. The van der Waals surface area contributed by atoms with Crippen molar-refractivity contribution in [3.8, 4) is 23.8 Å². The SMILES string of the molecule is C#CCCc1cc(OS(=O)(=O)O)ccc1COC(=O)Cc1ccc(C(F)(F)F)cc1.[N-]=[N+]=NCCc1cc(OS(=O)(=O)O)ccc1COC(=O)Cc1ccc(C(F)(F)F)cc1. The van der Waals surface area contributed by atoms with Crippen LogP contribution in [0.1, 0.15) is 50.9 Å². The van der Waals surface area contributed by atoms with Gasteiger partial charge in [0, 0.05) is 17.9 Å². The number of azide groups is 1. The summed E-state index contributed by atoms with van der Waals surface area (Å²) in [5.74, 6) is 0.745. The van der Waals surface area contributed by atoms with E-state index in [1.54, 1.807) is 0 Å². The van der Waals surface area contributed by atoms with Crippen molar-refractivity contribution >= 4 is 32.7 Å². The molecule has 0 aromatic heterocycles. The third kappa shape index (κ3) is 18.2. The van der Waals surface area contributed by atoms with Crippen LogP contribution in [-0.4, -0.2) is 44.4 Å². The first-order chi connectivity index (χ1) is 28.5. The lowest BCUT2D eigenvalue weighted by molar-refractivity contribution is -0.145. The highest BCUT2D eigenvalue weighted by molar-refractivity contribution is 7.81. The Labute approximate surface area is 344 Å². The normalized spacial score (nSPS) is 11.5. The van der Waals surface area contributed by atoms with Gasteiger partial charge in [0.05, 0.1) is 24.0 Å². The van der Waals surface area contributed by atoms with E-state index >= 15 is 0 Å². The molecule has 0 heterocycles. The van der Waals surface area contributed by atoms with Crippen LogP contribution < -0.4 is 8.37 Å². The van der Waals surface area contributed by atoms with Crippen LogP contribution in [-0.2, 0) is 91.1 Å². The molecular formula is C38H33F6N3O12S2. The van der Waals surface area contributed by atoms with E-state index < -0.39 is 56.2 Å². The average molecular weight is 902 g/mol. The summed E-state index contributed by atoms with van der Waals surface area (Å²) in [6.45, 7) is -0.360. The molecule has 0 bridgehead atoms. The summed E-state index contributed by atoms with van der Waals surface area (Å²) >= 11 is 0. The van der Waals surface area contributed by atoms with Crippen LogP contribution in [0.25, 0.3) is 10.4 Å². The van der Waals surface area contributed by atoms with Crippen LogP contribution in [0.5, 0.6) is 11.5 Å². The van der Waals surface area contributed by atoms with E-state index in [2.05, 4.69) is 24.3 Å². The molecule has 4 aromatic rings. The molecule has 0 atom stereocenters. The number of benzene rings is 4. The van der Waals surface area contributed by atoms with Gasteiger partial charge in [-0.05, 0) is 100 Å². The van der Waals surface area contributed by atoms with Gasteiger partial charge in [-0.25, -0.2) is 0 Å². The average Bonchev–Trinajstić information content (AvgIpc) is 3.15. The second-order valence-electron chi connectivity index (χ2n) is 12.4. The van der Waals surface area contributed by atoms with Crippen LogP contribution in [0.15, 0.2) is 90.0 Å². The van der Waals surface area contributed by atoms with Gasteiger partial charge in [0.1, 0.15) is 24.7 Å². The number of ether oxygens (including phenoxy) is 2. The number of carbonyl (C=O) groups excluding carboxylic acids is 2. The molecule has 0 spiro atoms. The van der Waals surface area contributed by atoms with Crippen molar-refractivity contribution < 1.29 is 79.7 Å². The second kappa shape index (κ2) is 21.8. The predicted molar refractivity (Wildman–Crippen MR) is 202 cm³/mol. The van der Waals surface area contributed by atoms with Crippen LogP contribution in [0.3, 0.4) is 0 Å². The Kier molecular flexibility index (Phi) is 17.5. The van der Waals surface area contributed by atoms with Crippen LogP contribution >= 0.6 is 0 Å². The van der Waals surface area contributed by atoms with Gasteiger partial charge in [0.25, 0.3) is 0 Å². The van der Waals surface area contributed by atoms with Gasteiger partial charge in [0.15, 0.2) is 0 Å². The Balaban J connectivity index is 0.000000325. The molecule has 0 saturated heterocycles. The van der Waals surface area contributed by atoms with Crippen LogP contribution in [0, 0.1) is 12.3 Å². The summed E-state index contributed by atoms with van der Waals surface area (Å²) in [4.78, 5) is 26.7. The van der Waals surface area contributed by atoms with E-state index in [0.717, 1.165) is 24.3 Å². The summed E-state index contributed by atoms with van der Waals surface area (Å²) in [5.41, 5.74) is 9.42. The van der Waals surface area contributed by atoms with Crippen molar-refractivity contribution in [2.45, 2.75) is 57.7 Å². The molecule has 326 valence electrons. The number of aryl methyl sites for hydroxylation is 1. The summed E-state index contributed by atoms with van der Waals surface area (Å²) < 4.78 is 156. The van der Waals surface area contributed by atoms with Gasteiger partial charge in [-0.15, -0.1) is 12.3 Å². The van der Waals surface area contributed by atoms with E-state index in [1.807, 2.05) is 0 Å². The number of nitrogens with zero attached hydrogens (tertiary/aromatic N) is 3. The van der Waals surface area contributed by atoms with Gasteiger partial charge in [-0.3, -0.25) is 18.7 Å². The number of halogens is 6. The molecule has 0 fully saturated rings. The minimum absolute atomic E-state index is 0.0261. The standard InChI is InChI=1S/C20H17F3O6S.C18H16F3N3O6S/c1-2-3-4-15-12-18(29-30(25,26)27)10-7-16(15)13-28-19(24)11-14-5-8-17(9-6-14)20(21,22)23;19-18(20,21)15-4-1-12(2-5-15)9-17(25)29-11-14-3-6-16(30-31(26,27)28)10-13(14)7-8-23-24-22/h1,5-10,12H,3-4,11,13H2,(H,25,26,27);1-6,10H,7-9,11H2,(H,26,27,28). The fourth-order valence-corrected chi connectivity index (χ4v) is 5.79. The molecule has 0 aliphatic rings. The Morgan fingerprint density at radius 2 is 1.05 bits per heavy atom. The summed E-state index contributed by atoms with van der Waals surface area (Å²) in [6, 6.07) is 16.2. The minimum Gasteiger partial charge on any atom is -0.461 e. The summed E-state index contributed by atoms with van der Waals surface area (Å²) in [5, 5.41) is 3.37. The van der Waals surface area contributed by atoms with Gasteiger partial charge >= 0.3 is 45.1 Å². The predicted octanol–water partition coefficient (Wildman–Crippen LogP) is 7.76. The first kappa shape index (κ1) is 49.1. The molecule has 4 rings (SSSR count). The van der Waals surface area contributed by atoms with E-state index in [0.29, 0.717) is 46.2 Å². The van der Waals surface area contributed by atoms with E-state index in [1.165, 1.54) is 60.7 Å². The molecule has 0 radical (unpaired) electrons. The van der Waals surface area contributed by atoms with Gasteiger partial charge in [0.2, 0.25) is 0 Å². The Bertz CT molecular complexity index is 2470. The Morgan fingerprint density at radius 3 is 1.39 bits per heavy atom. The number of rotatable bonds is 17. The van der Waals surface area contributed by atoms with Crippen molar-refractivity contribution in [3.63, 3.8) is 0 Å². The first-order valence-electron chi connectivity index (χ1n) is 17.1. The highest BCUT2D eigenvalue weighted by atomic mass is 32.3. The molecule has 0 aliphatic carbocycles. The molecule has 2 N–H and O–H groups in total. The van der Waals surface area contributed by atoms with E-state index in [-0.39, 0.29) is 50.5 Å². The maximum atomic E-state index is 12.6. The Morgan fingerprint density at radius 1 is 0.656 bits per heavy atom.